The van der Waals surface area contributed by atoms with Crippen LogP contribution >= 0.6 is 0 Å². The average Bonchev–Trinajstić information content (AvgIpc) is 3.09. The zero-order valence-electron chi connectivity index (χ0n) is 13.1. The van der Waals surface area contributed by atoms with Gasteiger partial charge in [0, 0.05) is 36.8 Å². The van der Waals surface area contributed by atoms with Gasteiger partial charge in [-0.15, -0.1) is 0 Å². The summed E-state index contributed by atoms with van der Waals surface area (Å²) in [4.78, 5) is 13.2. The second kappa shape index (κ2) is 7.02. The number of hydrogen-bond acceptors (Lipinski definition) is 6. The molecule has 0 aliphatic rings. The van der Waals surface area contributed by atoms with E-state index < -0.39 is 0 Å². The molecule has 3 aromatic heterocycles. The molecule has 0 saturated heterocycles. The molecule has 0 radical (unpaired) electrons. The number of aromatic nitrogens is 3. The fraction of sp³-hybridized carbons (Fsp3) is 0.235. The van der Waals surface area contributed by atoms with Crippen LogP contribution < -0.4 is 5.32 Å². The van der Waals surface area contributed by atoms with Gasteiger partial charge in [-0.3, -0.25) is 4.98 Å². The standard InChI is InChI=1S/C17H18N4O2/c1-12-9-16(20-14(11-22-2)15-6-4-8-23-15)21-17(19-12)13-5-3-7-18-10-13/h3-10,14H,11H2,1-2H3,(H,19,20,21). The molecule has 3 aromatic rings. The van der Waals surface area contributed by atoms with Crippen LogP contribution in [0.2, 0.25) is 0 Å². The lowest BCUT2D eigenvalue weighted by Crippen LogP contribution is -2.17. The summed E-state index contributed by atoms with van der Waals surface area (Å²) in [6.07, 6.45) is 5.12. The first kappa shape index (κ1) is 15.2. The van der Waals surface area contributed by atoms with Crippen LogP contribution in [0.15, 0.2) is 53.4 Å². The molecule has 23 heavy (non-hydrogen) atoms. The van der Waals surface area contributed by atoms with Crippen molar-refractivity contribution >= 4 is 5.82 Å². The van der Waals surface area contributed by atoms with Crippen LogP contribution in [-0.4, -0.2) is 28.7 Å². The van der Waals surface area contributed by atoms with Crippen molar-refractivity contribution in [2.24, 2.45) is 0 Å². The van der Waals surface area contributed by atoms with Gasteiger partial charge >= 0.3 is 0 Å². The Balaban J connectivity index is 1.89. The molecule has 6 heteroatoms. The van der Waals surface area contributed by atoms with E-state index >= 15 is 0 Å². The lowest BCUT2D eigenvalue weighted by molar-refractivity contribution is 0.178. The van der Waals surface area contributed by atoms with Crippen molar-refractivity contribution in [1.29, 1.82) is 0 Å². The quantitative estimate of drug-likeness (QED) is 0.753. The SMILES string of the molecule is COCC(Nc1cc(C)nc(-c2cccnc2)n1)c1ccco1. The van der Waals surface area contributed by atoms with E-state index in [4.69, 9.17) is 9.15 Å². The first-order chi connectivity index (χ1) is 11.3. The Morgan fingerprint density at radius 2 is 2.17 bits per heavy atom. The second-order valence-electron chi connectivity index (χ2n) is 5.13. The van der Waals surface area contributed by atoms with Crippen LogP contribution in [0.4, 0.5) is 5.82 Å². The van der Waals surface area contributed by atoms with E-state index in [9.17, 15) is 0 Å². The highest BCUT2D eigenvalue weighted by Crippen LogP contribution is 2.22. The van der Waals surface area contributed by atoms with Crippen LogP contribution in [0.1, 0.15) is 17.5 Å². The number of rotatable bonds is 6. The predicted molar refractivity (Wildman–Crippen MR) is 86.9 cm³/mol. The number of methoxy groups -OCH3 is 1. The predicted octanol–water partition coefficient (Wildman–Crippen LogP) is 3.24. The van der Waals surface area contributed by atoms with Gasteiger partial charge in [0.05, 0.1) is 12.9 Å². The maximum absolute atomic E-state index is 5.47. The molecule has 0 fully saturated rings. The van der Waals surface area contributed by atoms with Crippen molar-refractivity contribution in [2.45, 2.75) is 13.0 Å². The lowest BCUT2D eigenvalue weighted by Gasteiger charge is -2.17. The van der Waals surface area contributed by atoms with Gasteiger partial charge < -0.3 is 14.5 Å². The molecule has 1 unspecified atom stereocenters. The van der Waals surface area contributed by atoms with E-state index in [-0.39, 0.29) is 6.04 Å². The fourth-order valence-corrected chi connectivity index (χ4v) is 2.30. The molecular weight excluding hydrogens is 292 g/mol. The van der Waals surface area contributed by atoms with Gasteiger partial charge in [-0.1, -0.05) is 0 Å². The molecule has 0 spiro atoms. The summed E-state index contributed by atoms with van der Waals surface area (Å²) >= 11 is 0. The summed E-state index contributed by atoms with van der Waals surface area (Å²) in [7, 11) is 1.66. The fourth-order valence-electron chi connectivity index (χ4n) is 2.30. The lowest BCUT2D eigenvalue weighted by atomic mass is 10.2. The number of nitrogens with zero attached hydrogens (tertiary/aromatic N) is 3. The topological polar surface area (TPSA) is 73.1 Å². The van der Waals surface area contributed by atoms with Crippen LogP contribution in [0.3, 0.4) is 0 Å². The third-order valence-corrected chi connectivity index (χ3v) is 3.32. The van der Waals surface area contributed by atoms with Gasteiger partial charge in [0.25, 0.3) is 0 Å². The van der Waals surface area contributed by atoms with E-state index in [0.717, 1.165) is 22.8 Å². The highest BCUT2D eigenvalue weighted by molar-refractivity contribution is 5.56. The smallest absolute Gasteiger partial charge is 0.163 e. The normalized spacial score (nSPS) is 12.1. The Hall–Kier alpha value is -2.73. The molecule has 3 heterocycles. The Labute approximate surface area is 134 Å². The van der Waals surface area contributed by atoms with Gasteiger partial charge in [0.15, 0.2) is 5.82 Å². The summed E-state index contributed by atoms with van der Waals surface area (Å²) < 4.78 is 10.7. The monoisotopic (exact) mass is 310 g/mol. The molecule has 0 saturated carbocycles. The number of pyridine rings is 1. The van der Waals surface area contributed by atoms with Crippen LogP contribution in [0.5, 0.6) is 0 Å². The maximum atomic E-state index is 5.47. The first-order valence-electron chi connectivity index (χ1n) is 7.31. The maximum Gasteiger partial charge on any atom is 0.163 e. The molecule has 6 nitrogen and oxygen atoms in total. The van der Waals surface area contributed by atoms with E-state index in [0.29, 0.717) is 12.4 Å². The Morgan fingerprint density at radius 3 is 2.87 bits per heavy atom. The Bertz CT molecular complexity index is 745. The van der Waals surface area contributed by atoms with E-state index in [1.165, 1.54) is 0 Å². The zero-order chi connectivity index (χ0) is 16.1. The van der Waals surface area contributed by atoms with E-state index in [1.807, 2.05) is 37.3 Å². The molecule has 3 rings (SSSR count). The molecule has 0 aromatic carbocycles. The van der Waals surface area contributed by atoms with Crippen LogP contribution in [0.25, 0.3) is 11.4 Å². The molecule has 0 aliphatic heterocycles. The number of ether oxygens (including phenoxy) is 1. The van der Waals surface area contributed by atoms with Crippen molar-refractivity contribution < 1.29 is 9.15 Å². The van der Waals surface area contributed by atoms with Crippen LogP contribution in [-0.2, 0) is 4.74 Å². The summed E-state index contributed by atoms with van der Waals surface area (Å²) in [5.74, 6) is 2.15. The molecule has 0 amide bonds. The minimum atomic E-state index is -0.119. The van der Waals surface area contributed by atoms with Crippen LogP contribution in [0, 0.1) is 6.92 Å². The number of anilines is 1. The highest BCUT2D eigenvalue weighted by Gasteiger charge is 2.15. The number of furan rings is 1. The van der Waals surface area contributed by atoms with E-state index in [1.54, 1.807) is 25.8 Å². The van der Waals surface area contributed by atoms with Crippen molar-refractivity contribution in [3.8, 4) is 11.4 Å². The first-order valence-corrected chi connectivity index (χ1v) is 7.31. The highest BCUT2D eigenvalue weighted by atomic mass is 16.5. The molecular formula is C17H18N4O2. The van der Waals surface area contributed by atoms with Crippen molar-refractivity contribution in [3.05, 3.63) is 60.4 Å². The number of hydrogen-bond donors (Lipinski definition) is 1. The Kier molecular flexibility index (Phi) is 4.63. The average molecular weight is 310 g/mol. The molecule has 0 bridgehead atoms. The summed E-state index contributed by atoms with van der Waals surface area (Å²) in [6, 6.07) is 9.34. The third-order valence-electron chi connectivity index (χ3n) is 3.32. The summed E-state index contributed by atoms with van der Waals surface area (Å²) in [5, 5.41) is 3.34. The molecule has 0 aliphatic carbocycles. The largest absolute Gasteiger partial charge is 0.467 e. The van der Waals surface area contributed by atoms with Crippen molar-refractivity contribution in [3.63, 3.8) is 0 Å². The third kappa shape index (κ3) is 3.73. The summed E-state index contributed by atoms with van der Waals surface area (Å²) in [6.45, 7) is 2.41. The molecule has 118 valence electrons. The van der Waals surface area contributed by atoms with Gasteiger partial charge in [-0.2, -0.15) is 0 Å². The molecule has 1 atom stereocenters. The van der Waals surface area contributed by atoms with Gasteiger partial charge in [-0.05, 0) is 31.2 Å². The Morgan fingerprint density at radius 1 is 1.26 bits per heavy atom. The van der Waals surface area contributed by atoms with Gasteiger partial charge in [-0.25, -0.2) is 9.97 Å². The van der Waals surface area contributed by atoms with E-state index in [2.05, 4.69) is 20.3 Å². The van der Waals surface area contributed by atoms with Gasteiger partial charge in [0.2, 0.25) is 0 Å². The number of nitrogens with one attached hydrogen (secondary N) is 1. The molecule has 1 N–H and O–H groups in total. The van der Waals surface area contributed by atoms with Crippen molar-refractivity contribution in [2.75, 3.05) is 19.0 Å². The van der Waals surface area contributed by atoms with Gasteiger partial charge in [0.1, 0.15) is 17.6 Å². The summed E-state index contributed by atoms with van der Waals surface area (Å²) in [5.41, 5.74) is 1.75. The number of aryl methyl sites for hydroxylation is 1. The van der Waals surface area contributed by atoms with Crippen molar-refractivity contribution in [1.82, 2.24) is 15.0 Å². The minimum absolute atomic E-state index is 0.119. The second-order valence-corrected chi connectivity index (χ2v) is 5.13. The zero-order valence-corrected chi connectivity index (χ0v) is 13.1. The minimum Gasteiger partial charge on any atom is -0.467 e.